The highest BCUT2D eigenvalue weighted by atomic mass is 16.5. The van der Waals surface area contributed by atoms with Crippen molar-refractivity contribution in [1.29, 1.82) is 0 Å². The number of rotatable bonds is 4. The van der Waals surface area contributed by atoms with E-state index in [4.69, 9.17) is 9.15 Å². The Morgan fingerprint density at radius 2 is 1.92 bits per heavy atom. The number of aryl methyl sites for hydroxylation is 2. The van der Waals surface area contributed by atoms with Crippen molar-refractivity contribution < 1.29 is 18.7 Å². The third-order valence-corrected chi connectivity index (χ3v) is 3.75. The Bertz CT molecular complexity index is 945. The number of carbonyl (C=O) groups excluding carboxylic acids is 2. The summed E-state index contributed by atoms with van der Waals surface area (Å²) >= 11 is 0. The number of furan rings is 1. The number of nitrogens with zero attached hydrogens (tertiary/aromatic N) is 1. The number of carbonyl (C=O) groups is 2. The van der Waals surface area contributed by atoms with E-state index in [0.29, 0.717) is 16.8 Å². The van der Waals surface area contributed by atoms with Crippen molar-refractivity contribution in [3.8, 4) is 0 Å². The van der Waals surface area contributed by atoms with Gasteiger partial charge in [-0.15, -0.1) is 0 Å². The summed E-state index contributed by atoms with van der Waals surface area (Å²) < 4.78 is 10.8. The van der Waals surface area contributed by atoms with Gasteiger partial charge in [0.2, 0.25) is 5.71 Å². The Kier molecular flexibility index (Phi) is 4.52. The minimum absolute atomic E-state index is 0.0628. The van der Waals surface area contributed by atoms with Crippen molar-refractivity contribution >= 4 is 28.7 Å². The largest absolute Gasteiger partial charge is 0.444 e. The van der Waals surface area contributed by atoms with Crippen LogP contribution in [0.1, 0.15) is 34.3 Å². The topological polar surface area (TPSA) is 81.4 Å². The summed E-state index contributed by atoms with van der Waals surface area (Å²) in [6.07, 6.45) is -0.658. The van der Waals surface area contributed by atoms with E-state index in [2.05, 4.69) is 10.3 Å². The zero-order chi connectivity index (χ0) is 18.0. The zero-order valence-electron chi connectivity index (χ0n) is 14.3. The summed E-state index contributed by atoms with van der Waals surface area (Å²) in [4.78, 5) is 28.3. The van der Waals surface area contributed by atoms with Crippen LogP contribution in [0.5, 0.6) is 0 Å². The number of pyridine rings is 1. The fourth-order valence-electron chi connectivity index (χ4n) is 2.67. The maximum absolute atomic E-state index is 12.2. The molecular weight excluding hydrogens is 320 g/mol. The summed E-state index contributed by atoms with van der Waals surface area (Å²) in [6.45, 7) is 5.22. The Balaban J connectivity index is 1.88. The number of fused-ring (bicyclic) bond motifs is 1. The van der Waals surface area contributed by atoms with Gasteiger partial charge in [-0.05, 0) is 31.0 Å². The van der Waals surface area contributed by atoms with E-state index >= 15 is 0 Å². The summed E-state index contributed by atoms with van der Waals surface area (Å²) in [5, 5.41) is 3.23. The van der Waals surface area contributed by atoms with Crippen LogP contribution in [0, 0.1) is 13.8 Å². The number of benzene rings is 1. The predicted octanol–water partition coefficient (Wildman–Crippen LogP) is 4.40. The van der Waals surface area contributed by atoms with Gasteiger partial charge in [-0.3, -0.25) is 10.1 Å². The quantitative estimate of drug-likeness (QED) is 0.713. The number of nitrogens with one attached hydrogen (secondary N) is 1. The molecule has 0 aliphatic carbocycles. The van der Waals surface area contributed by atoms with Gasteiger partial charge in [0, 0.05) is 12.6 Å². The van der Waals surface area contributed by atoms with Crippen LogP contribution in [-0.2, 0) is 11.3 Å². The molecule has 128 valence electrons. The molecule has 0 unspecified atom stereocenters. The zero-order valence-corrected chi connectivity index (χ0v) is 14.3. The lowest BCUT2D eigenvalue weighted by Crippen LogP contribution is -2.15. The molecule has 0 fully saturated rings. The first-order valence-corrected chi connectivity index (χ1v) is 7.85. The van der Waals surface area contributed by atoms with Crippen LogP contribution in [0.2, 0.25) is 0 Å². The molecule has 2 aromatic heterocycles. The lowest BCUT2D eigenvalue weighted by molar-refractivity contribution is 0.0990. The smallest absolute Gasteiger partial charge is 0.412 e. The van der Waals surface area contributed by atoms with Gasteiger partial charge in [-0.25, -0.2) is 9.78 Å². The molecule has 3 rings (SSSR count). The van der Waals surface area contributed by atoms with Gasteiger partial charge in [0.1, 0.15) is 12.3 Å². The summed E-state index contributed by atoms with van der Waals surface area (Å²) in [5.74, 6) is -0.235. The molecule has 2 heterocycles. The van der Waals surface area contributed by atoms with Gasteiger partial charge < -0.3 is 9.15 Å². The molecule has 0 saturated carbocycles. The number of anilines is 1. The highest BCUT2D eigenvalue weighted by molar-refractivity contribution is 6.10. The van der Waals surface area contributed by atoms with Crippen molar-refractivity contribution in [3.05, 3.63) is 59.0 Å². The number of aromatic nitrogens is 1. The van der Waals surface area contributed by atoms with Gasteiger partial charge in [0.15, 0.2) is 11.5 Å². The third-order valence-electron chi connectivity index (χ3n) is 3.75. The average Bonchev–Trinajstić information content (AvgIpc) is 2.92. The molecule has 1 amide bonds. The monoisotopic (exact) mass is 338 g/mol. The molecule has 0 saturated heterocycles. The highest BCUT2D eigenvalue weighted by Crippen LogP contribution is 2.33. The molecule has 0 radical (unpaired) electrons. The van der Waals surface area contributed by atoms with Crippen LogP contribution < -0.4 is 5.32 Å². The Hall–Kier alpha value is -3.15. The third kappa shape index (κ3) is 3.52. The van der Waals surface area contributed by atoms with Crippen molar-refractivity contribution in [2.75, 3.05) is 5.32 Å². The fraction of sp³-hybridized carbons (Fsp3) is 0.211. The second kappa shape index (κ2) is 6.76. The number of ether oxygens (including phenoxy) is 1. The number of amides is 1. The summed E-state index contributed by atoms with van der Waals surface area (Å²) in [7, 11) is 0. The van der Waals surface area contributed by atoms with E-state index in [9.17, 15) is 9.59 Å². The first-order valence-electron chi connectivity index (χ1n) is 7.85. The van der Waals surface area contributed by atoms with Crippen molar-refractivity contribution in [2.24, 2.45) is 0 Å². The number of hydrogen-bond donors (Lipinski definition) is 1. The first kappa shape index (κ1) is 16.7. The lowest BCUT2D eigenvalue weighted by Gasteiger charge is -2.07. The maximum atomic E-state index is 12.2. The molecule has 25 heavy (non-hydrogen) atoms. The molecule has 1 aromatic carbocycles. The minimum Gasteiger partial charge on any atom is -0.444 e. The van der Waals surface area contributed by atoms with Crippen LogP contribution in [-0.4, -0.2) is 16.9 Å². The van der Waals surface area contributed by atoms with E-state index in [1.165, 1.54) is 6.92 Å². The first-order chi connectivity index (χ1) is 12.0. The molecule has 0 atom stereocenters. The highest BCUT2D eigenvalue weighted by Gasteiger charge is 2.22. The van der Waals surface area contributed by atoms with Crippen LogP contribution in [0.3, 0.4) is 0 Å². The van der Waals surface area contributed by atoms with E-state index < -0.39 is 6.09 Å². The molecule has 0 bridgehead atoms. The van der Waals surface area contributed by atoms with Gasteiger partial charge in [-0.1, -0.05) is 30.3 Å². The second-order valence-electron chi connectivity index (χ2n) is 5.81. The van der Waals surface area contributed by atoms with E-state index in [1.54, 1.807) is 0 Å². The van der Waals surface area contributed by atoms with Gasteiger partial charge >= 0.3 is 6.09 Å². The molecule has 6 nitrogen and oxygen atoms in total. The van der Waals surface area contributed by atoms with Crippen LogP contribution >= 0.6 is 0 Å². The average molecular weight is 338 g/mol. The van der Waals surface area contributed by atoms with Crippen molar-refractivity contribution in [1.82, 2.24) is 4.98 Å². The van der Waals surface area contributed by atoms with E-state index in [-0.39, 0.29) is 18.2 Å². The molecular formula is C19H18N2O4. The minimum atomic E-state index is -0.658. The second-order valence-corrected chi connectivity index (χ2v) is 5.81. The van der Waals surface area contributed by atoms with Crippen LogP contribution in [0.25, 0.3) is 11.1 Å². The van der Waals surface area contributed by atoms with Crippen LogP contribution in [0.15, 0.2) is 40.8 Å². The van der Waals surface area contributed by atoms with Gasteiger partial charge in [0.25, 0.3) is 0 Å². The van der Waals surface area contributed by atoms with E-state index in [1.807, 2.05) is 50.2 Å². The SMILES string of the molecule is CC(=O)c1oc2nc(C)cc(C)c2c1NC(=O)OCc1ccccc1. The molecule has 6 heteroatoms. The Morgan fingerprint density at radius 3 is 2.60 bits per heavy atom. The number of ketones is 1. The van der Waals surface area contributed by atoms with Crippen molar-refractivity contribution in [3.63, 3.8) is 0 Å². The lowest BCUT2D eigenvalue weighted by atomic mass is 10.1. The molecule has 1 N–H and O–H groups in total. The predicted molar refractivity (Wildman–Crippen MR) is 93.7 cm³/mol. The summed E-state index contributed by atoms with van der Waals surface area (Å²) in [5.41, 5.74) is 3.12. The Morgan fingerprint density at radius 1 is 1.20 bits per heavy atom. The summed E-state index contributed by atoms with van der Waals surface area (Å²) in [6, 6.07) is 11.2. The molecule has 0 aliphatic heterocycles. The van der Waals surface area contributed by atoms with Crippen LogP contribution in [0.4, 0.5) is 10.5 Å². The fourth-order valence-corrected chi connectivity index (χ4v) is 2.67. The maximum Gasteiger partial charge on any atom is 0.412 e. The number of hydrogen-bond acceptors (Lipinski definition) is 5. The molecule has 3 aromatic rings. The van der Waals surface area contributed by atoms with E-state index in [0.717, 1.165) is 16.8 Å². The standard InChI is InChI=1S/C19H18N2O4/c1-11-9-12(2)20-18-15(11)16(17(25-18)13(3)22)21-19(23)24-10-14-7-5-4-6-8-14/h4-9H,10H2,1-3H3,(H,21,23). The van der Waals surface area contributed by atoms with Gasteiger partial charge in [0.05, 0.1) is 5.39 Å². The molecule has 0 spiro atoms. The Labute approximate surface area is 144 Å². The van der Waals surface area contributed by atoms with Gasteiger partial charge in [-0.2, -0.15) is 0 Å². The van der Waals surface area contributed by atoms with Crippen molar-refractivity contribution in [2.45, 2.75) is 27.4 Å². The molecule has 0 aliphatic rings. The normalized spacial score (nSPS) is 10.7. The number of Topliss-reactive ketones (excluding diaryl/α,β-unsaturated/α-hetero) is 1.